The van der Waals surface area contributed by atoms with Gasteiger partial charge in [0, 0.05) is 11.4 Å². The van der Waals surface area contributed by atoms with E-state index in [-0.39, 0.29) is 0 Å². The molecule has 4 heteroatoms. The second kappa shape index (κ2) is 5.15. The maximum absolute atomic E-state index is 5.78. The molecule has 1 aromatic rings. The van der Waals surface area contributed by atoms with Crippen molar-refractivity contribution in [3.05, 3.63) is 10.6 Å². The first-order valence-corrected chi connectivity index (χ1v) is 6.90. The highest BCUT2D eigenvalue weighted by atomic mass is 32.1. The first-order valence-electron chi connectivity index (χ1n) is 6.08. The zero-order chi connectivity index (χ0) is 11.5. The molecule has 1 fully saturated rings. The Morgan fingerprint density at radius 3 is 2.75 bits per heavy atom. The third kappa shape index (κ3) is 2.55. The maximum atomic E-state index is 5.78. The molecule has 2 unspecified atom stereocenters. The smallest absolute Gasteiger partial charge is 0.183 e. The second-order valence-electron chi connectivity index (χ2n) is 4.73. The molecule has 16 heavy (non-hydrogen) atoms. The van der Waals surface area contributed by atoms with Crippen molar-refractivity contribution >= 4 is 16.5 Å². The summed E-state index contributed by atoms with van der Waals surface area (Å²) >= 11 is 1.75. The van der Waals surface area contributed by atoms with E-state index >= 15 is 0 Å². The number of nitrogens with zero attached hydrogens (tertiary/aromatic N) is 1. The lowest BCUT2D eigenvalue weighted by molar-refractivity contribution is 0.414. The lowest BCUT2D eigenvalue weighted by atomic mass is 9.96. The number of nitrogens with one attached hydrogen (secondary N) is 1. The summed E-state index contributed by atoms with van der Waals surface area (Å²) in [5, 5.41) is 4.53. The van der Waals surface area contributed by atoms with Crippen LogP contribution in [0.1, 0.15) is 29.8 Å². The zero-order valence-electron chi connectivity index (χ0n) is 10.1. The minimum absolute atomic E-state index is 0.717. The predicted molar refractivity (Wildman–Crippen MR) is 70.0 cm³/mol. The fourth-order valence-electron chi connectivity index (χ4n) is 2.46. The molecule has 90 valence electrons. The van der Waals surface area contributed by atoms with Crippen LogP contribution in [0.15, 0.2) is 0 Å². The van der Waals surface area contributed by atoms with Crippen LogP contribution in [-0.4, -0.2) is 18.1 Å². The molecule has 0 spiro atoms. The van der Waals surface area contributed by atoms with Gasteiger partial charge < -0.3 is 11.1 Å². The Labute approximate surface area is 101 Å². The van der Waals surface area contributed by atoms with Crippen LogP contribution in [0.2, 0.25) is 0 Å². The topological polar surface area (TPSA) is 50.9 Å². The average molecular weight is 239 g/mol. The third-order valence-corrected chi connectivity index (χ3v) is 4.69. The van der Waals surface area contributed by atoms with Crippen molar-refractivity contribution < 1.29 is 0 Å². The molecule has 1 aliphatic rings. The summed E-state index contributed by atoms with van der Waals surface area (Å²) in [6.45, 7) is 6.06. The van der Waals surface area contributed by atoms with Crippen LogP contribution in [0.3, 0.4) is 0 Å². The highest BCUT2D eigenvalue weighted by Gasteiger charge is 2.25. The quantitative estimate of drug-likeness (QED) is 0.849. The molecule has 0 amide bonds. The molecule has 2 rings (SSSR count). The van der Waals surface area contributed by atoms with Crippen molar-refractivity contribution in [2.75, 3.05) is 18.4 Å². The fourth-order valence-corrected chi connectivity index (χ4v) is 3.28. The minimum atomic E-state index is 0.717. The lowest BCUT2D eigenvalue weighted by Crippen LogP contribution is -2.24. The Hall–Kier alpha value is -0.610. The number of hydrogen-bond donors (Lipinski definition) is 2. The molecule has 0 bridgehead atoms. The minimum Gasteiger partial charge on any atom is -0.361 e. The fraction of sp³-hybridized carbons (Fsp3) is 0.750. The van der Waals surface area contributed by atoms with Gasteiger partial charge in [0.15, 0.2) is 5.13 Å². The van der Waals surface area contributed by atoms with E-state index in [4.69, 9.17) is 5.73 Å². The van der Waals surface area contributed by atoms with E-state index in [2.05, 4.69) is 24.1 Å². The molecular formula is C12H21N3S. The summed E-state index contributed by atoms with van der Waals surface area (Å²) in [6.07, 6.45) is 3.96. The monoisotopic (exact) mass is 239 g/mol. The molecule has 0 aromatic carbocycles. The van der Waals surface area contributed by atoms with Crippen molar-refractivity contribution in [1.29, 1.82) is 0 Å². The molecule has 1 aliphatic carbocycles. The van der Waals surface area contributed by atoms with Gasteiger partial charge in [0.2, 0.25) is 0 Å². The van der Waals surface area contributed by atoms with E-state index in [1.807, 2.05) is 0 Å². The van der Waals surface area contributed by atoms with Gasteiger partial charge >= 0.3 is 0 Å². The van der Waals surface area contributed by atoms with E-state index in [1.54, 1.807) is 11.3 Å². The van der Waals surface area contributed by atoms with E-state index in [0.717, 1.165) is 35.8 Å². The number of aryl methyl sites for hydroxylation is 2. The summed E-state index contributed by atoms with van der Waals surface area (Å²) < 4.78 is 0. The Bertz CT molecular complexity index is 329. The van der Waals surface area contributed by atoms with Crippen LogP contribution < -0.4 is 11.1 Å². The Kier molecular flexibility index (Phi) is 3.82. The van der Waals surface area contributed by atoms with Crippen molar-refractivity contribution in [3.63, 3.8) is 0 Å². The van der Waals surface area contributed by atoms with E-state index in [1.165, 1.54) is 24.1 Å². The number of hydrogen-bond acceptors (Lipinski definition) is 4. The van der Waals surface area contributed by atoms with Gasteiger partial charge in [-0.1, -0.05) is 6.42 Å². The summed E-state index contributed by atoms with van der Waals surface area (Å²) in [5.74, 6) is 1.46. The zero-order valence-corrected chi connectivity index (χ0v) is 10.9. The number of aromatic nitrogens is 1. The largest absolute Gasteiger partial charge is 0.361 e. The van der Waals surface area contributed by atoms with E-state index in [0.29, 0.717) is 0 Å². The molecule has 3 N–H and O–H groups in total. The first-order chi connectivity index (χ1) is 7.70. The highest BCUT2D eigenvalue weighted by Crippen LogP contribution is 2.31. The van der Waals surface area contributed by atoms with Gasteiger partial charge in [-0.05, 0) is 45.1 Å². The third-order valence-electron chi connectivity index (χ3n) is 3.66. The molecular weight excluding hydrogens is 218 g/mol. The summed E-state index contributed by atoms with van der Waals surface area (Å²) in [4.78, 5) is 5.81. The molecule has 0 saturated heterocycles. The molecule has 0 aliphatic heterocycles. The van der Waals surface area contributed by atoms with Gasteiger partial charge in [-0.3, -0.25) is 0 Å². The summed E-state index contributed by atoms with van der Waals surface area (Å²) in [7, 11) is 0. The first kappa shape index (κ1) is 11.9. The molecule has 1 saturated carbocycles. The summed E-state index contributed by atoms with van der Waals surface area (Å²) in [6, 6.07) is 0. The predicted octanol–water partition coefficient (Wildman–Crippen LogP) is 2.55. The number of rotatable bonds is 4. The van der Waals surface area contributed by atoms with Gasteiger partial charge in [-0.2, -0.15) is 0 Å². The van der Waals surface area contributed by atoms with E-state index in [9.17, 15) is 0 Å². The standard InChI is InChI=1S/C12H21N3S/c1-8-9(2)16-12(15-8)14-7-11-5-3-4-10(11)6-13/h10-11H,3-7,13H2,1-2H3,(H,14,15). The van der Waals surface area contributed by atoms with Crippen molar-refractivity contribution in [1.82, 2.24) is 4.98 Å². The van der Waals surface area contributed by atoms with E-state index < -0.39 is 0 Å². The highest BCUT2D eigenvalue weighted by molar-refractivity contribution is 7.15. The van der Waals surface area contributed by atoms with Crippen LogP contribution in [-0.2, 0) is 0 Å². The molecule has 2 atom stereocenters. The van der Waals surface area contributed by atoms with Crippen LogP contribution >= 0.6 is 11.3 Å². The second-order valence-corrected chi connectivity index (χ2v) is 5.93. The van der Waals surface area contributed by atoms with Gasteiger partial charge in [0.05, 0.1) is 5.69 Å². The van der Waals surface area contributed by atoms with Crippen LogP contribution in [0.25, 0.3) is 0 Å². The molecule has 0 radical (unpaired) electrons. The number of nitrogens with two attached hydrogens (primary N) is 1. The summed E-state index contributed by atoms with van der Waals surface area (Å²) in [5.41, 5.74) is 6.93. The Morgan fingerprint density at radius 1 is 1.38 bits per heavy atom. The number of thiazole rings is 1. The van der Waals surface area contributed by atoms with Crippen LogP contribution in [0.5, 0.6) is 0 Å². The maximum Gasteiger partial charge on any atom is 0.183 e. The molecule has 3 nitrogen and oxygen atoms in total. The van der Waals surface area contributed by atoms with Gasteiger partial charge in [-0.25, -0.2) is 4.98 Å². The van der Waals surface area contributed by atoms with Gasteiger partial charge in [-0.15, -0.1) is 11.3 Å². The SMILES string of the molecule is Cc1nc(NCC2CCCC2CN)sc1C. The number of anilines is 1. The van der Waals surface area contributed by atoms with Crippen molar-refractivity contribution in [2.24, 2.45) is 17.6 Å². The Morgan fingerprint density at radius 2 is 2.12 bits per heavy atom. The Balaban J connectivity index is 1.87. The van der Waals surface area contributed by atoms with Gasteiger partial charge in [0.25, 0.3) is 0 Å². The van der Waals surface area contributed by atoms with Crippen LogP contribution in [0, 0.1) is 25.7 Å². The lowest BCUT2D eigenvalue weighted by Gasteiger charge is -2.17. The van der Waals surface area contributed by atoms with Gasteiger partial charge in [0.1, 0.15) is 0 Å². The molecule has 1 aromatic heterocycles. The van der Waals surface area contributed by atoms with Crippen molar-refractivity contribution in [3.8, 4) is 0 Å². The molecule has 1 heterocycles. The van der Waals surface area contributed by atoms with Crippen molar-refractivity contribution in [2.45, 2.75) is 33.1 Å². The average Bonchev–Trinajstić information content (AvgIpc) is 2.83. The normalized spacial score (nSPS) is 24.9. The van der Waals surface area contributed by atoms with Crippen LogP contribution in [0.4, 0.5) is 5.13 Å².